The smallest absolute Gasteiger partial charge is 0.303 e. The van der Waals surface area contributed by atoms with E-state index in [4.69, 9.17) is 26.0 Å². The molecule has 0 radical (unpaired) electrons. The van der Waals surface area contributed by atoms with Crippen LogP contribution in [0.15, 0.2) is 40.9 Å². The van der Waals surface area contributed by atoms with Gasteiger partial charge in [0.05, 0.1) is 5.56 Å². The van der Waals surface area contributed by atoms with Crippen LogP contribution in [0, 0.1) is 13.8 Å². The molecule has 3 aromatic rings. The molecule has 1 aliphatic rings. The molecule has 156 valence electrons. The van der Waals surface area contributed by atoms with Gasteiger partial charge >= 0.3 is 5.97 Å². The average Bonchev–Trinajstić information content (AvgIpc) is 3.48. The number of carboxylic acids is 1. The van der Waals surface area contributed by atoms with Crippen LogP contribution in [-0.2, 0) is 17.8 Å². The third-order valence-electron chi connectivity index (χ3n) is 5.71. The van der Waals surface area contributed by atoms with E-state index < -0.39 is 5.97 Å². The SMILES string of the molecule is Cc1c(CCC(=O)O)ccc(OCc2c(-c3ccc(Cl)cc3)noc2C2CC2)c1C. The molecule has 5 nitrogen and oxygen atoms in total. The predicted octanol–water partition coefficient (Wildman–Crippen LogP) is 6.09. The third-order valence-corrected chi connectivity index (χ3v) is 5.97. The van der Waals surface area contributed by atoms with Crippen molar-refractivity contribution in [2.45, 2.75) is 52.1 Å². The predicted molar refractivity (Wildman–Crippen MR) is 115 cm³/mol. The largest absolute Gasteiger partial charge is 0.488 e. The minimum Gasteiger partial charge on any atom is -0.488 e. The van der Waals surface area contributed by atoms with Crippen molar-refractivity contribution in [2.24, 2.45) is 0 Å². The summed E-state index contributed by atoms with van der Waals surface area (Å²) in [6, 6.07) is 11.4. The van der Waals surface area contributed by atoms with Gasteiger partial charge in [-0.1, -0.05) is 35.0 Å². The molecule has 1 saturated carbocycles. The zero-order valence-corrected chi connectivity index (χ0v) is 17.8. The first-order valence-corrected chi connectivity index (χ1v) is 10.5. The van der Waals surface area contributed by atoms with Gasteiger partial charge in [-0.2, -0.15) is 0 Å². The lowest BCUT2D eigenvalue weighted by Gasteiger charge is -2.14. The summed E-state index contributed by atoms with van der Waals surface area (Å²) in [6.07, 6.45) is 2.86. The van der Waals surface area contributed by atoms with Crippen LogP contribution in [-0.4, -0.2) is 16.2 Å². The number of aromatic nitrogens is 1. The van der Waals surface area contributed by atoms with Gasteiger partial charge < -0.3 is 14.4 Å². The van der Waals surface area contributed by atoms with E-state index in [-0.39, 0.29) is 6.42 Å². The van der Waals surface area contributed by atoms with E-state index in [1.54, 1.807) is 0 Å². The van der Waals surface area contributed by atoms with E-state index in [1.807, 2.05) is 50.2 Å². The Bertz CT molecular complexity index is 1070. The molecule has 30 heavy (non-hydrogen) atoms. The van der Waals surface area contributed by atoms with Crippen molar-refractivity contribution in [2.75, 3.05) is 0 Å². The fourth-order valence-corrected chi connectivity index (χ4v) is 3.76. The standard InChI is InChI=1S/C24H24ClNO4/c1-14-15(2)21(11-7-16(14)8-12-22(27)28)29-13-20-23(17-5-9-19(25)10-6-17)26-30-24(20)18-3-4-18/h5-7,9-11,18H,3-4,8,12-13H2,1-2H3,(H,27,28). The van der Waals surface area contributed by atoms with Gasteiger partial charge in [0, 0.05) is 22.9 Å². The Morgan fingerprint density at radius 1 is 1.17 bits per heavy atom. The molecular weight excluding hydrogens is 402 g/mol. The Morgan fingerprint density at radius 3 is 2.57 bits per heavy atom. The molecule has 1 heterocycles. The number of hydrogen-bond acceptors (Lipinski definition) is 4. The number of benzene rings is 2. The molecule has 0 bridgehead atoms. The van der Waals surface area contributed by atoms with Crippen molar-refractivity contribution in [3.63, 3.8) is 0 Å². The zero-order valence-electron chi connectivity index (χ0n) is 17.1. The van der Waals surface area contributed by atoms with E-state index in [1.165, 1.54) is 0 Å². The molecule has 0 unspecified atom stereocenters. The topological polar surface area (TPSA) is 72.6 Å². The van der Waals surface area contributed by atoms with E-state index >= 15 is 0 Å². The summed E-state index contributed by atoms with van der Waals surface area (Å²) in [6.45, 7) is 4.38. The van der Waals surface area contributed by atoms with Gasteiger partial charge in [0.2, 0.25) is 0 Å². The first-order chi connectivity index (χ1) is 14.4. The van der Waals surface area contributed by atoms with Crippen LogP contribution in [0.1, 0.15) is 53.2 Å². The molecule has 0 amide bonds. The molecule has 0 saturated heterocycles. The summed E-state index contributed by atoms with van der Waals surface area (Å²) in [7, 11) is 0. The lowest BCUT2D eigenvalue weighted by Crippen LogP contribution is -2.04. The highest BCUT2D eigenvalue weighted by molar-refractivity contribution is 6.30. The lowest BCUT2D eigenvalue weighted by atomic mass is 9.99. The van der Waals surface area contributed by atoms with Crippen LogP contribution in [0.4, 0.5) is 0 Å². The summed E-state index contributed by atoms with van der Waals surface area (Å²) in [5, 5.41) is 14.0. The maximum Gasteiger partial charge on any atom is 0.303 e. The second kappa shape index (κ2) is 8.52. The Balaban J connectivity index is 1.58. The Kier molecular flexibility index (Phi) is 5.82. The van der Waals surface area contributed by atoms with Crippen molar-refractivity contribution < 1.29 is 19.2 Å². The third kappa shape index (κ3) is 4.36. The summed E-state index contributed by atoms with van der Waals surface area (Å²) in [5.41, 5.74) is 5.85. The Labute approximate surface area is 180 Å². The lowest BCUT2D eigenvalue weighted by molar-refractivity contribution is -0.136. The van der Waals surface area contributed by atoms with Crippen LogP contribution in [0.25, 0.3) is 11.3 Å². The summed E-state index contributed by atoms with van der Waals surface area (Å²) < 4.78 is 11.9. The van der Waals surface area contributed by atoms with Crippen molar-refractivity contribution in [1.82, 2.24) is 5.16 Å². The molecule has 2 aromatic carbocycles. The number of halogens is 1. The van der Waals surface area contributed by atoms with Gasteiger partial charge in [-0.25, -0.2) is 0 Å². The molecule has 1 N–H and O–H groups in total. The van der Waals surface area contributed by atoms with Crippen LogP contribution >= 0.6 is 11.6 Å². The minimum atomic E-state index is -0.790. The van der Waals surface area contributed by atoms with Crippen molar-refractivity contribution in [3.05, 3.63) is 69.4 Å². The van der Waals surface area contributed by atoms with Gasteiger partial charge in [-0.3, -0.25) is 4.79 Å². The van der Waals surface area contributed by atoms with Gasteiger partial charge in [-0.05, 0) is 68.0 Å². The fourth-order valence-electron chi connectivity index (χ4n) is 3.63. The first kappa shape index (κ1) is 20.5. The molecule has 4 rings (SSSR count). The van der Waals surface area contributed by atoms with Crippen LogP contribution in [0.5, 0.6) is 5.75 Å². The summed E-state index contributed by atoms with van der Waals surface area (Å²) in [4.78, 5) is 10.9. The highest BCUT2D eigenvalue weighted by Gasteiger charge is 2.33. The van der Waals surface area contributed by atoms with Crippen molar-refractivity contribution >= 4 is 17.6 Å². The molecule has 1 fully saturated rings. The Morgan fingerprint density at radius 2 is 1.90 bits per heavy atom. The van der Waals surface area contributed by atoms with Crippen LogP contribution < -0.4 is 4.74 Å². The molecule has 0 aliphatic heterocycles. The van der Waals surface area contributed by atoms with Crippen LogP contribution in [0.2, 0.25) is 5.02 Å². The molecule has 1 aliphatic carbocycles. The maximum atomic E-state index is 10.9. The van der Waals surface area contributed by atoms with E-state index in [2.05, 4.69) is 5.16 Å². The van der Waals surface area contributed by atoms with Crippen LogP contribution in [0.3, 0.4) is 0 Å². The summed E-state index contributed by atoms with van der Waals surface area (Å²) >= 11 is 6.03. The number of carboxylic acid groups (broad SMARTS) is 1. The summed E-state index contributed by atoms with van der Waals surface area (Å²) in [5.74, 6) is 1.32. The van der Waals surface area contributed by atoms with Gasteiger partial charge in [0.25, 0.3) is 0 Å². The zero-order chi connectivity index (χ0) is 21.3. The number of aryl methyl sites for hydroxylation is 1. The number of carbonyl (C=O) groups is 1. The fraction of sp³-hybridized carbons (Fsp3) is 0.333. The maximum absolute atomic E-state index is 10.9. The molecule has 6 heteroatoms. The number of nitrogens with zero attached hydrogens (tertiary/aromatic N) is 1. The number of ether oxygens (including phenoxy) is 1. The Hall–Kier alpha value is -2.79. The van der Waals surface area contributed by atoms with Gasteiger partial charge in [-0.15, -0.1) is 0 Å². The molecule has 0 spiro atoms. The quantitative estimate of drug-likeness (QED) is 0.473. The second-order valence-corrected chi connectivity index (χ2v) is 8.25. The molecule has 1 aromatic heterocycles. The normalized spacial score (nSPS) is 13.4. The average molecular weight is 426 g/mol. The van der Waals surface area contributed by atoms with Gasteiger partial charge in [0.15, 0.2) is 0 Å². The number of hydrogen-bond donors (Lipinski definition) is 1. The molecule has 0 atom stereocenters. The van der Waals surface area contributed by atoms with E-state index in [0.717, 1.165) is 57.9 Å². The number of rotatable bonds is 8. The van der Waals surface area contributed by atoms with E-state index in [0.29, 0.717) is 24.0 Å². The number of aliphatic carboxylic acids is 1. The van der Waals surface area contributed by atoms with E-state index in [9.17, 15) is 4.79 Å². The molecular formula is C24H24ClNO4. The highest BCUT2D eigenvalue weighted by atomic mass is 35.5. The minimum absolute atomic E-state index is 0.121. The highest BCUT2D eigenvalue weighted by Crippen LogP contribution is 2.44. The monoisotopic (exact) mass is 425 g/mol. The van der Waals surface area contributed by atoms with Crippen molar-refractivity contribution in [3.8, 4) is 17.0 Å². The first-order valence-electron chi connectivity index (χ1n) is 10.1. The second-order valence-electron chi connectivity index (χ2n) is 7.81. The van der Waals surface area contributed by atoms with Crippen molar-refractivity contribution in [1.29, 1.82) is 0 Å². The van der Waals surface area contributed by atoms with Gasteiger partial charge in [0.1, 0.15) is 23.8 Å².